The lowest BCUT2D eigenvalue weighted by atomic mass is 9.82. The normalized spacial score (nSPS) is 17.2. The number of hydrogen-bond acceptors (Lipinski definition) is 5. The maximum Gasteiger partial charge on any atom is 0.273 e. The summed E-state index contributed by atoms with van der Waals surface area (Å²) in [6.07, 6.45) is 5.11. The summed E-state index contributed by atoms with van der Waals surface area (Å²) in [5, 5.41) is 27.2. The second-order valence-electron chi connectivity index (χ2n) is 5.68. The number of benzene rings is 1. The molecule has 6 heteroatoms. The Kier molecular flexibility index (Phi) is 5.01. The number of nitrogens with one attached hydrogen (secondary N) is 2. The number of nitrogens with zero attached hydrogens (tertiary/aromatic N) is 1. The standard InChI is InChI=1S/C15H23N3O3/c1-2-16-12-8-13(10-14(9-12)18(20)21)17-15(11-19)6-4-3-5-7-15/h8-10,16-17,19H,2-7,11H2,1H3. The second-order valence-corrected chi connectivity index (χ2v) is 5.68. The van der Waals surface area contributed by atoms with Gasteiger partial charge in [-0.3, -0.25) is 10.1 Å². The van der Waals surface area contributed by atoms with Crippen molar-refractivity contribution in [2.75, 3.05) is 23.8 Å². The molecule has 2 rings (SSSR count). The van der Waals surface area contributed by atoms with Gasteiger partial charge in [0.05, 0.1) is 17.1 Å². The summed E-state index contributed by atoms with van der Waals surface area (Å²) >= 11 is 0. The molecule has 0 unspecified atom stereocenters. The van der Waals surface area contributed by atoms with Gasteiger partial charge in [-0.05, 0) is 25.8 Å². The molecule has 116 valence electrons. The Labute approximate surface area is 124 Å². The van der Waals surface area contributed by atoms with Crippen molar-refractivity contribution in [3.05, 3.63) is 28.3 Å². The number of aliphatic hydroxyl groups excluding tert-OH is 1. The highest BCUT2D eigenvalue weighted by molar-refractivity contribution is 5.64. The monoisotopic (exact) mass is 293 g/mol. The second kappa shape index (κ2) is 6.76. The highest BCUT2D eigenvalue weighted by atomic mass is 16.6. The number of non-ortho nitro benzene ring substituents is 1. The number of aliphatic hydroxyl groups is 1. The SMILES string of the molecule is CCNc1cc(NC2(CO)CCCCC2)cc([N+](=O)[O-])c1. The Hall–Kier alpha value is -1.82. The molecule has 0 heterocycles. The van der Waals surface area contributed by atoms with Gasteiger partial charge in [0.1, 0.15) is 0 Å². The third-order valence-corrected chi connectivity index (χ3v) is 4.03. The lowest BCUT2D eigenvalue weighted by Crippen LogP contribution is -2.43. The molecule has 1 fully saturated rings. The van der Waals surface area contributed by atoms with Gasteiger partial charge >= 0.3 is 0 Å². The zero-order valence-corrected chi connectivity index (χ0v) is 12.4. The van der Waals surface area contributed by atoms with Crippen LogP contribution in [0.4, 0.5) is 17.1 Å². The molecule has 0 spiro atoms. The molecule has 0 bridgehead atoms. The molecule has 1 aliphatic carbocycles. The molecule has 1 aliphatic rings. The predicted molar refractivity (Wildman–Crippen MR) is 83.8 cm³/mol. The lowest BCUT2D eigenvalue weighted by Gasteiger charge is -2.37. The summed E-state index contributed by atoms with van der Waals surface area (Å²) < 4.78 is 0. The van der Waals surface area contributed by atoms with Crippen LogP contribution in [0.15, 0.2) is 18.2 Å². The Balaban J connectivity index is 2.26. The van der Waals surface area contributed by atoms with E-state index in [9.17, 15) is 15.2 Å². The molecular formula is C15H23N3O3. The highest BCUT2D eigenvalue weighted by Crippen LogP contribution is 2.33. The Bertz CT molecular complexity index is 499. The third kappa shape index (κ3) is 3.85. The van der Waals surface area contributed by atoms with Gasteiger partial charge in [-0.1, -0.05) is 19.3 Å². The highest BCUT2D eigenvalue weighted by Gasteiger charge is 2.31. The molecule has 1 saturated carbocycles. The Morgan fingerprint density at radius 2 is 1.90 bits per heavy atom. The van der Waals surface area contributed by atoms with Crippen molar-refractivity contribution in [3.8, 4) is 0 Å². The average Bonchev–Trinajstić information content (AvgIpc) is 2.48. The first kappa shape index (κ1) is 15.6. The zero-order valence-electron chi connectivity index (χ0n) is 12.4. The van der Waals surface area contributed by atoms with Gasteiger partial charge in [0, 0.05) is 30.1 Å². The van der Waals surface area contributed by atoms with E-state index in [0.717, 1.165) is 31.4 Å². The van der Waals surface area contributed by atoms with Gasteiger partial charge in [-0.25, -0.2) is 0 Å². The number of anilines is 2. The molecule has 0 aliphatic heterocycles. The fraction of sp³-hybridized carbons (Fsp3) is 0.600. The lowest BCUT2D eigenvalue weighted by molar-refractivity contribution is -0.384. The van der Waals surface area contributed by atoms with Crippen LogP contribution in [0.3, 0.4) is 0 Å². The minimum Gasteiger partial charge on any atom is -0.394 e. The maximum absolute atomic E-state index is 11.1. The summed E-state index contributed by atoms with van der Waals surface area (Å²) in [6.45, 7) is 2.69. The fourth-order valence-corrected chi connectivity index (χ4v) is 2.95. The van der Waals surface area contributed by atoms with Crippen LogP contribution in [-0.4, -0.2) is 28.7 Å². The first-order chi connectivity index (χ1) is 10.1. The molecule has 1 aromatic carbocycles. The molecule has 21 heavy (non-hydrogen) atoms. The van der Waals surface area contributed by atoms with Crippen LogP contribution >= 0.6 is 0 Å². The van der Waals surface area contributed by atoms with Crippen LogP contribution in [0.2, 0.25) is 0 Å². The first-order valence-corrected chi connectivity index (χ1v) is 7.51. The van der Waals surface area contributed by atoms with Gasteiger partial charge in [0.2, 0.25) is 0 Å². The van der Waals surface area contributed by atoms with Crippen LogP contribution in [-0.2, 0) is 0 Å². The van der Waals surface area contributed by atoms with Gasteiger partial charge in [0.15, 0.2) is 0 Å². The van der Waals surface area contributed by atoms with Crippen LogP contribution < -0.4 is 10.6 Å². The summed E-state index contributed by atoms with van der Waals surface area (Å²) in [6, 6.07) is 4.93. The molecule has 1 aromatic rings. The van der Waals surface area contributed by atoms with E-state index in [1.807, 2.05) is 13.0 Å². The maximum atomic E-state index is 11.1. The van der Waals surface area contributed by atoms with Gasteiger partial charge in [-0.15, -0.1) is 0 Å². The Morgan fingerprint density at radius 1 is 1.24 bits per heavy atom. The van der Waals surface area contributed by atoms with Crippen LogP contribution in [0.25, 0.3) is 0 Å². The fourth-order valence-electron chi connectivity index (χ4n) is 2.95. The van der Waals surface area contributed by atoms with E-state index in [2.05, 4.69) is 10.6 Å². The topological polar surface area (TPSA) is 87.4 Å². The van der Waals surface area contributed by atoms with Gasteiger partial charge in [-0.2, -0.15) is 0 Å². The minimum atomic E-state index is -0.390. The van der Waals surface area contributed by atoms with E-state index < -0.39 is 4.92 Å². The van der Waals surface area contributed by atoms with E-state index in [1.165, 1.54) is 18.6 Å². The number of rotatable bonds is 6. The summed E-state index contributed by atoms with van der Waals surface area (Å²) in [5.74, 6) is 0. The van der Waals surface area contributed by atoms with Crippen LogP contribution in [0.5, 0.6) is 0 Å². The van der Waals surface area contributed by atoms with E-state index >= 15 is 0 Å². The molecule has 3 N–H and O–H groups in total. The van der Waals surface area contributed by atoms with E-state index in [0.29, 0.717) is 12.2 Å². The number of nitro benzene ring substituents is 1. The van der Waals surface area contributed by atoms with Crippen molar-refractivity contribution in [2.24, 2.45) is 0 Å². The van der Waals surface area contributed by atoms with Crippen molar-refractivity contribution >= 4 is 17.1 Å². The van der Waals surface area contributed by atoms with Gasteiger partial charge in [0.25, 0.3) is 5.69 Å². The largest absolute Gasteiger partial charge is 0.394 e. The quantitative estimate of drug-likeness (QED) is 0.554. The predicted octanol–water partition coefficient (Wildman–Crippen LogP) is 3.13. The number of hydrogen-bond donors (Lipinski definition) is 3. The Morgan fingerprint density at radius 3 is 2.48 bits per heavy atom. The molecule has 0 saturated heterocycles. The molecule has 0 aromatic heterocycles. The smallest absolute Gasteiger partial charge is 0.273 e. The number of nitro groups is 1. The average molecular weight is 293 g/mol. The van der Waals surface area contributed by atoms with E-state index in [4.69, 9.17) is 0 Å². The van der Waals surface area contributed by atoms with Crippen molar-refractivity contribution in [1.82, 2.24) is 0 Å². The van der Waals surface area contributed by atoms with Gasteiger partial charge < -0.3 is 15.7 Å². The zero-order chi connectivity index (χ0) is 15.3. The third-order valence-electron chi connectivity index (χ3n) is 4.03. The van der Waals surface area contributed by atoms with Crippen molar-refractivity contribution < 1.29 is 10.0 Å². The molecule has 0 radical (unpaired) electrons. The minimum absolute atomic E-state index is 0.0478. The van der Waals surface area contributed by atoms with Crippen LogP contribution in [0, 0.1) is 10.1 Å². The van der Waals surface area contributed by atoms with Crippen molar-refractivity contribution in [3.63, 3.8) is 0 Å². The van der Waals surface area contributed by atoms with E-state index in [1.54, 1.807) is 0 Å². The van der Waals surface area contributed by atoms with Crippen molar-refractivity contribution in [1.29, 1.82) is 0 Å². The summed E-state index contributed by atoms with van der Waals surface area (Å²) in [4.78, 5) is 10.7. The van der Waals surface area contributed by atoms with Crippen molar-refractivity contribution in [2.45, 2.75) is 44.6 Å². The summed E-state index contributed by atoms with van der Waals surface area (Å²) in [5.41, 5.74) is 1.12. The molecule has 0 atom stereocenters. The first-order valence-electron chi connectivity index (χ1n) is 7.51. The molecule has 0 amide bonds. The van der Waals surface area contributed by atoms with Crippen LogP contribution in [0.1, 0.15) is 39.0 Å². The summed E-state index contributed by atoms with van der Waals surface area (Å²) in [7, 11) is 0. The van der Waals surface area contributed by atoms with E-state index in [-0.39, 0.29) is 17.8 Å². The molecular weight excluding hydrogens is 270 g/mol. The molecule has 6 nitrogen and oxygen atoms in total.